The van der Waals surface area contributed by atoms with E-state index >= 15 is 0 Å². The molecule has 1 unspecified atom stereocenters. The summed E-state index contributed by atoms with van der Waals surface area (Å²) >= 11 is 0. The Kier molecular flexibility index (Phi) is 3.77. The first-order chi connectivity index (χ1) is 8.60. The number of rotatable bonds is 4. The summed E-state index contributed by atoms with van der Waals surface area (Å²) in [5.74, 6) is -0.223. The third-order valence-corrected chi connectivity index (χ3v) is 3.06. The van der Waals surface area contributed by atoms with Crippen LogP contribution in [-0.2, 0) is 6.54 Å². The van der Waals surface area contributed by atoms with Crippen molar-refractivity contribution in [3.8, 4) is 0 Å². The molecule has 3 nitrogen and oxygen atoms in total. The monoisotopic (exact) mass is 248 g/mol. The average Bonchev–Trinajstić information content (AvgIpc) is 2.80. The van der Waals surface area contributed by atoms with Crippen molar-refractivity contribution in [2.45, 2.75) is 32.9 Å². The second kappa shape index (κ2) is 5.31. The number of benzene rings is 1. The van der Waals surface area contributed by atoms with Crippen LogP contribution in [0.15, 0.2) is 30.6 Å². The van der Waals surface area contributed by atoms with Crippen molar-refractivity contribution in [3.05, 3.63) is 53.1 Å². The minimum atomic E-state index is -0.465. The number of halogens is 1. The van der Waals surface area contributed by atoms with Gasteiger partial charge in [-0.05, 0) is 36.6 Å². The Hall–Kier alpha value is -1.68. The fourth-order valence-corrected chi connectivity index (χ4v) is 1.89. The SMILES string of the molecule is CCC(O)c1cnn(Cc2ccc(F)cc2C)c1. The molecule has 0 bridgehead atoms. The van der Waals surface area contributed by atoms with Gasteiger partial charge in [0.05, 0.1) is 18.8 Å². The molecule has 0 aliphatic heterocycles. The van der Waals surface area contributed by atoms with E-state index in [1.165, 1.54) is 12.1 Å². The maximum absolute atomic E-state index is 13.0. The van der Waals surface area contributed by atoms with Crippen molar-refractivity contribution in [1.29, 1.82) is 0 Å². The zero-order valence-corrected chi connectivity index (χ0v) is 10.6. The Morgan fingerprint density at radius 2 is 2.22 bits per heavy atom. The molecule has 1 N–H and O–H groups in total. The van der Waals surface area contributed by atoms with Gasteiger partial charge in [-0.25, -0.2) is 4.39 Å². The van der Waals surface area contributed by atoms with Gasteiger partial charge in [0.25, 0.3) is 0 Å². The fourth-order valence-electron chi connectivity index (χ4n) is 1.89. The molecule has 4 heteroatoms. The first-order valence-electron chi connectivity index (χ1n) is 6.05. The van der Waals surface area contributed by atoms with Crippen LogP contribution < -0.4 is 0 Å². The van der Waals surface area contributed by atoms with E-state index in [0.717, 1.165) is 16.7 Å². The molecule has 0 saturated carbocycles. The summed E-state index contributed by atoms with van der Waals surface area (Å²) in [5.41, 5.74) is 2.75. The molecule has 1 heterocycles. The Bertz CT molecular complexity index is 536. The highest BCUT2D eigenvalue weighted by atomic mass is 19.1. The number of aliphatic hydroxyl groups excluding tert-OH is 1. The van der Waals surface area contributed by atoms with Crippen LogP contribution in [-0.4, -0.2) is 14.9 Å². The summed E-state index contributed by atoms with van der Waals surface area (Å²) in [6, 6.07) is 4.73. The van der Waals surface area contributed by atoms with Crippen LogP contribution >= 0.6 is 0 Å². The van der Waals surface area contributed by atoms with E-state index in [0.29, 0.717) is 13.0 Å². The Labute approximate surface area is 106 Å². The van der Waals surface area contributed by atoms with E-state index in [1.54, 1.807) is 16.9 Å². The van der Waals surface area contributed by atoms with E-state index < -0.39 is 6.10 Å². The topological polar surface area (TPSA) is 38.1 Å². The summed E-state index contributed by atoms with van der Waals surface area (Å²) in [6.07, 6.45) is 3.71. The smallest absolute Gasteiger partial charge is 0.123 e. The van der Waals surface area contributed by atoms with Gasteiger partial charge in [-0.3, -0.25) is 4.68 Å². The van der Waals surface area contributed by atoms with Crippen LogP contribution in [0.4, 0.5) is 4.39 Å². The van der Waals surface area contributed by atoms with Crippen LogP contribution in [0.2, 0.25) is 0 Å². The minimum Gasteiger partial charge on any atom is -0.388 e. The third-order valence-electron chi connectivity index (χ3n) is 3.06. The van der Waals surface area contributed by atoms with Gasteiger partial charge in [0.2, 0.25) is 0 Å². The quantitative estimate of drug-likeness (QED) is 0.903. The number of aliphatic hydroxyl groups is 1. The van der Waals surface area contributed by atoms with Gasteiger partial charge < -0.3 is 5.11 Å². The van der Waals surface area contributed by atoms with E-state index in [-0.39, 0.29) is 5.82 Å². The number of hydrogen-bond donors (Lipinski definition) is 1. The summed E-state index contributed by atoms with van der Waals surface area (Å²) in [5, 5.41) is 13.9. The molecule has 0 spiro atoms. The predicted molar refractivity (Wildman–Crippen MR) is 67.7 cm³/mol. The molecule has 0 amide bonds. The van der Waals surface area contributed by atoms with Crippen LogP contribution in [0, 0.1) is 12.7 Å². The number of hydrogen-bond acceptors (Lipinski definition) is 2. The van der Waals surface area contributed by atoms with Gasteiger partial charge in [-0.1, -0.05) is 13.0 Å². The second-order valence-corrected chi connectivity index (χ2v) is 4.47. The van der Waals surface area contributed by atoms with Crippen LogP contribution in [0.25, 0.3) is 0 Å². The molecule has 2 rings (SSSR count). The lowest BCUT2D eigenvalue weighted by Gasteiger charge is -2.06. The molecule has 0 aliphatic carbocycles. The van der Waals surface area contributed by atoms with Crippen molar-refractivity contribution in [2.24, 2.45) is 0 Å². The molecule has 1 aromatic carbocycles. The minimum absolute atomic E-state index is 0.223. The van der Waals surface area contributed by atoms with Crippen LogP contribution in [0.5, 0.6) is 0 Å². The highest BCUT2D eigenvalue weighted by molar-refractivity contribution is 5.26. The molecule has 0 radical (unpaired) electrons. The van der Waals surface area contributed by atoms with Crippen molar-refractivity contribution < 1.29 is 9.50 Å². The van der Waals surface area contributed by atoms with Crippen molar-refractivity contribution >= 4 is 0 Å². The molecule has 18 heavy (non-hydrogen) atoms. The lowest BCUT2D eigenvalue weighted by atomic mass is 10.1. The van der Waals surface area contributed by atoms with E-state index in [9.17, 15) is 9.50 Å². The predicted octanol–water partition coefficient (Wildman–Crippen LogP) is 2.82. The van der Waals surface area contributed by atoms with E-state index in [2.05, 4.69) is 5.10 Å². The molecular weight excluding hydrogens is 231 g/mol. The summed E-state index contributed by atoms with van der Waals surface area (Å²) < 4.78 is 14.7. The standard InChI is InChI=1S/C14H17FN2O/c1-3-14(18)12-7-16-17(9-12)8-11-4-5-13(15)6-10(11)2/h4-7,9,14,18H,3,8H2,1-2H3. The summed E-state index contributed by atoms with van der Waals surface area (Å²) in [6.45, 7) is 4.39. The van der Waals surface area contributed by atoms with Crippen molar-refractivity contribution in [2.75, 3.05) is 0 Å². The van der Waals surface area contributed by atoms with Crippen molar-refractivity contribution in [1.82, 2.24) is 9.78 Å². The number of nitrogens with zero attached hydrogens (tertiary/aromatic N) is 2. The van der Waals surface area contributed by atoms with Crippen LogP contribution in [0.3, 0.4) is 0 Å². The lowest BCUT2D eigenvalue weighted by Crippen LogP contribution is -2.02. The normalized spacial score (nSPS) is 12.7. The van der Waals surface area contributed by atoms with Crippen molar-refractivity contribution in [3.63, 3.8) is 0 Å². The largest absolute Gasteiger partial charge is 0.388 e. The highest BCUT2D eigenvalue weighted by Crippen LogP contribution is 2.16. The Morgan fingerprint density at radius 1 is 1.44 bits per heavy atom. The zero-order chi connectivity index (χ0) is 13.1. The molecule has 0 saturated heterocycles. The van der Waals surface area contributed by atoms with Gasteiger partial charge in [-0.2, -0.15) is 5.10 Å². The number of aryl methyl sites for hydroxylation is 1. The average molecular weight is 248 g/mol. The number of aromatic nitrogens is 2. The Balaban J connectivity index is 2.16. The maximum atomic E-state index is 13.0. The van der Waals surface area contributed by atoms with E-state index in [4.69, 9.17) is 0 Å². The highest BCUT2D eigenvalue weighted by Gasteiger charge is 2.08. The van der Waals surface area contributed by atoms with Gasteiger partial charge >= 0.3 is 0 Å². The molecular formula is C14H17FN2O. The molecule has 0 fully saturated rings. The Morgan fingerprint density at radius 3 is 2.89 bits per heavy atom. The third kappa shape index (κ3) is 2.76. The van der Waals surface area contributed by atoms with Gasteiger partial charge in [-0.15, -0.1) is 0 Å². The molecule has 2 aromatic rings. The fraction of sp³-hybridized carbons (Fsp3) is 0.357. The summed E-state index contributed by atoms with van der Waals surface area (Å²) in [4.78, 5) is 0. The maximum Gasteiger partial charge on any atom is 0.123 e. The molecule has 1 aromatic heterocycles. The molecule has 0 aliphatic rings. The molecule has 1 atom stereocenters. The lowest BCUT2D eigenvalue weighted by molar-refractivity contribution is 0.173. The first kappa shape index (κ1) is 12.8. The second-order valence-electron chi connectivity index (χ2n) is 4.47. The van der Waals surface area contributed by atoms with Gasteiger partial charge in [0, 0.05) is 11.8 Å². The van der Waals surface area contributed by atoms with E-state index in [1.807, 2.05) is 20.0 Å². The zero-order valence-electron chi connectivity index (χ0n) is 10.6. The first-order valence-corrected chi connectivity index (χ1v) is 6.05. The van der Waals surface area contributed by atoms with Crippen LogP contribution in [0.1, 0.15) is 36.1 Å². The summed E-state index contributed by atoms with van der Waals surface area (Å²) in [7, 11) is 0. The van der Waals surface area contributed by atoms with Gasteiger partial charge in [0.15, 0.2) is 0 Å². The van der Waals surface area contributed by atoms with Gasteiger partial charge in [0.1, 0.15) is 5.82 Å². The molecule has 96 valence electrons.